The molecule has 0 aliphatic heterocycles. The molecule has 1 atom stereocenters. The zero-order valence-electron chi connectivity index (χ0n) is 23.4. The van der Waals surface area contributed by atoms with Gasteiger partial charge in [-0.15, -0.1) is 0 Å². The number of rotatable bonds is 22. The lowest BCUT2D eigenvalue weighted by molar-refractivity contribution is -0.176. The molecule has 0 aliphatic carbocycles. The van der Waals surface area contributed by atoms with Gasteiger partial charge in [0.1, 0.15) is 0 Å². The molecule has 0 spiro atoms. The first-order chi connectivity index (χ1) is 18.5. The molecule has 0 radical (unpaired) electrons. The van der Waals surface area contributed by atoms with Crippen molar-refractivity contribution in [2.45, 2.75) is 96.9 Å². The summed E-state index contributed by atoms with van der Waals surface area (Å²) in [5, 5.41) is 36.5. The summed E-state index contributed by atoms with van der Waals surface area (Å²) in [6, 6.07) is -0.691. The summed E-state index contributed by atoms with van der Waals surface area (Å²) in [6.45, 7) is 4.43. The molecule has 0 aromatic carbocycles. The number of carbonyl (C=O) groups excluding carboxylic acids is 5. The summed E-state index contributed by atoms with van der Waals surface area (Å²) >= 11 is 0. The van der Waals surface area contributed by atoms with Gasteiger partial charge >= 0.3 is 0 Å². The van der Waals surface area contributed by atoms with E-state index in [1.165, 1.54) is 6.92 Å². The van der Waals surface area contributed by atoms with Crippen LogP contribution in [0, 0.1) is 0 Å². The Morgan fingerprint density at radius 2 is 1.31 bits per heavy atom. The number of hydrogen-bond donors (Lipinski definition) is 6. The summed E-state index contributed by atoms with van der Waals surface area (Å²) in [4.78, 5) is 59.4. The summed E-state index contributed by atoms with van der Waals surface area (Å²) in [5.41, 5.74) is 5.40. The van der Waals surface area contributed by atoms with Crippen molar-refractivity contribution < 1.29 is 39.6 Å². The van der Waals surface area contributed by atoms with Gasteiger partial charge in [0.15, 0.2) is 0 Å². The number of nitrogens with zero attached hydrogens (tertiary/aromatic N) is 3. The number of amides is 5. The Morgan fingerprint density at radius 1 is 0.744 bits per heavy atom. The lowest BCUT2D eigenvalue weighted by Crippen LogP contribution is -2.45. The van der Waals surface area contributed by atoms with Gasteiger partial charge in [0, 0.05) is 58.8 Å². The van der Waals surface area contributed by atoms with E-state index in [0.717, 1.165) is 12.8 Å². The normalized spacial score (nSPS) is 11.4. The molecule has 0 saturated heterocycles. The molecule has 0 heterocycles. The maximum absolute atomic E-state index is 12.4. The summed E-state index contributed by atoms with van der Waals surface area (Å²) < 4.78 is 0. The molecule has 0 rings (SSSR count). The average Bonchev–Trinajstić information content (AvgIpc) is 2.91. The monoisotopic (exact) mass is 560 g/mol. The molecular formula is C25H48N6O8. The third kappa shape index (κ3) is 18.2. The molecule has 0 aliphatic rings. The van der Waals surface area contributed by atoms with E-state index >= 15 is 0 Å². The minimum atomic E-state index is -0.691. The van der Waals surface area contributed by atoms with Crippen molar-refractivity contribution >= 4 is 29.5 Å². The van der Waals surface area contributed by atoms with Gasteiger partial charge in [0.25, 0.3) is 0 Å². The van der Waals surface area contributed by atoms with E-state index in [9.17, 15) is 39.6 Å². The Morgan fingerprint density at radius 3 is 1.90 bits per heavy atom. The molecule has 0 bridgehead atoms. The average molecular weight is 561 g/mol. The van der Waals surface area contributed by atoms with Crippen LogP contribution in [0.1, 0.15) is 90.9 Å². The number of carbonyl (C=O) groups is 5. The van der Waals surface area contributed by atoms with Crippen molar-refractivity contribution in [2.75, 3.05) is 32.7 Å². The van der Waals surface area contributed by atoms with Crippen molar-refractivity contribution in [1.29, 1.82) is 0 Å². The number of hydrogen-bond acceptors (Lipinski definition) is 9. The third-order valence-corrected chi connectivity index (χ3v) is 5.98. The molecule has 5 amide bonds. The fourth-order valence-electron chi connectivity index (χ4n) is 3.60. The van der Waals surface area contributed by atoms with Crippen LogP contribution in [0.2, 0.25) is 0 Å². The Balaban J connectivity index is 4.29. The fraction of sp³-hybridized carbons (Fsp3) is 0.800. The van der Waals surface area contributed by atoms with Gasteiger partial charge in [-0.2, -0.15) is 0 Å². The van der Waals surface area contributed by atoms with Gasteiger partial charge < -0.3 is 16.4 Å². The van der Waals surface area contributed by atoms with Gasteiger partial charge in [-0.05, 0) is 45.1 Å². The van der Waals surface area contributed by atoms with Crippen LogP contribution >= 0.6 is 0 Å². The van der Waals surface area contributed by atoms with Crippen molar-refractivity contribution in [3.05, 3.63) is 0 Å². The predicted octanol–water partition coefficient (Wildman–Crippen LogP) is 0.921. The van der Waals surface area contributed by atoms with Crippen molar-refractivity contribution in [2.24, 2.45) is 5.73 Å². The lowest BCUT2D eigenvalue weighted by atomic mass is 10.1. The van der Waals surface area contributed by atoms with E-state index in [4.69, 9.17) is 5.73 Å². The summed E-state index contributed by atoms with van der Waals surface area (Å²) in [6.07, 6.45) is 4.54. The Bertz CT molecular complexity index is 754. The Hall–Kier alpha value is -2.81. The van der Waals surface area contributed by atoms with Crippen LogP contribution < -0.4 is 16.4 Å². The van der Waals surface area contributed by atoms with Crippen molar-refractivity contribution in [3.63, 3.8) is 0 Å². The van der Waals surface area contributed by atoms with Crippen molar-refractivity contribution in [1.82, 2.24) is 25.8 Å². The zero-order chi connectivity index (χ0) is 29.6. The molecule has 226 valence electrons. The Labute approximate surface area is 230 Å². The van der Waals surface area contributed by atoms with Crippen LogP contribution in [0.5, 0.6) is 0 Å². The topological polar surface area (TPSA) is 206 Å². The molecule has 0 aromatic rings. The number of unbranched alkanes of at least 4 members (excludes halogenated alkanes) is 4. The maximum Gasteiger partial charge on any atom is 0.246 e. The van der Waals surface area contributed by atoms with Crippen LogP contribution in [0.25, 0.3) is 0 Å². The highest BCUT2D eigenvalue weighted by Crippen LogP contribution is 2.08. The first kappa shape index (κ1) is 36.2. The van der Waals surface area contributed by atoms with Crippen LogP contribution in [0.15, 0.2) is 0 Å². The first-order valence-corrected chi connectivity index (χ1v) is 13.7. The van der Waals surface area contributed by atoms with Crippen LogP contribution in [-0.4, -0.2) is 99.1 Å². The highest BCUT2D eigenvalue weighted by Gasteiger charge is 2.23. The first-order valence-electron chi connectivity index (χ1n) is 13.7. The number of nitrogens with one attached hydrogen (secondary N) is 2. The van der Waals surface area contributed by atoms with E-state index in [1.807, 2.05) is 6.92 Å². The fourth-order valence-corrected chi connectivity index (χ4v) is 3.60. The summed E-state index contributed by atoms with van der Waals surface area (Å²) in [7, 11) is 0. The number of nitrogens with two attached hydrogens (primary N) is 1. The molecule has 1 unspecified atom stereocenters. The minimum Gasteiger partial charge on any atom is -0.356 e. The van der Waals surface area contributed by atoms with E-state index < -0.39 is 29.7 Å². The van der Waals surface area contributed by atoms with Gasteiger partial charge in [-0.25, -0.2) is 15.2 Å². The SMILES string of the molecule is CCCC(CNC(=O)CCC(=O)N(O)CCCCCN)N(O)C(=O)CCC(=O)NCCCCCN(O)C(C)=O. The van der Waals surface area contributed by atoms with Crippen LogP contribution in [-0.2, 0) is 24.0 Å². The predicted molar refractivity (Wildman–Crippen MR) is 141 cm³/mol. The standard InChI is InChI=1S/C25H48N6O8/c1-3-10-21(19-28-23(34)11-13-24(35)30(38)18-8-4-6-15-26)31(39)25(36)14-12-22(33)27-16-7-5-9-17-29(37)20(2)32/h21,37-39H,3-19,26H2,1-2H3,(H,27,33)(H,28,34). The van der Waals surface area contributed by atoms with E-state index in [1.54, 1.807) is 0 Å². The molecule has 0 aromatic heterocycles. The van der Waals surface area contributed by atoms with Gasteiger partial charge in [-0.3, -0.25) is 39.6 Å². The molecule has 7 N–H and O–H groups in total. The minimum absolute atomic E-state index is 0.0217. The molecular weight excluding hydrogens is 512 g/mol. The van der Waals surface area contributed by atoms with Gasteiger partial charge in [0.05, 0.1) is 6.04 Å². The highest BCUT2D eigenvalue weighted by atomic mass is 16.5. The molecule has 0 saturated carbocycles. The second-order valence-electron chi connectivity index (χ2n) is 9.40. The van der Waals surface area contributed by atoms with Crippen LogP contribution in [0.3, 0.4) is 0 Å². The molecule has 0 fully saturated rings. The lowest BCUT2D eigenvalue weighted by Gasteiger charge is -2.26. The van der Waals surface area contributed by atoms with Crippen LogP contribution in [0.4, 0.5) is 0 Å². The smallest absolute Gasteiger partial charge is 0.246 e. The second kappa shape index (κ2) is 22.1. The number of hydroxylamine groups is 6. The Kier molecular flexibility index (Phi) is 20.5. The molecule has 14 heteroatoms. The second-order valence-corrected chi connectivity index (χ2v) is 9.40. The molecule has 14 nitrogen and oxygen atoms in total. The zero-order valence-corrected chi connectivity index (χ0v) is 23.4. The van der Waals surface area contributed by atoms with Gasteiger partial charge in [0.2, 0.25) is 29.5 Å². The van der Waals surface area contributed by atoms with E-state index in [-0.39, 0.29) is 51.2 Å². The quantitative estimate of drug-likeness (QED) is 0.0631. The van der Waals surface area contributed by atoms with Crippen molar-refractivity contribution in [3.8, 4) is 0 Å². The van der Waals surface area contributed by atoms with E-state index in [2.05, 4.69) is 10.6 Å². The summed E-state index contributed by atoms with van der Waals surface area (Å²) in [5.74, 6) is -2.43. The maximum atomic E-state index is 12.4. The van der Waals surface area contributed by atoms with E-state index in [0.29, 0.717) is 66.8 Å². The molecule has 39 heavy (non-hydrogen) atoms. The van der Waals surface area contributed by atoms with Gasteiger partial charge in [-0.1, -0.05) is 19.8 Å². The highest BCUT2D eigenvalue weighted by molar-refractivity contribution is 5.84. The third-order valence-electron chi connectivity index (χ3n) is 5.98. The largest absolute Gasteiger partial charge is 0.356 e.